The fourth-order valence-corrected chi connectivity index (χ4v) is 4.12. The van der Waals surface area contributed by atoms with Gasteiger partial charge in [0.15, 0.2) is 10.1 Å². The molecule has 0 aliphatic heterocycles. The summed E-state index contributed by atoms with van der Waals surface area (Å²) in [5.41, 5.74) is 0. The Balaban J connectivity index is 0. The molecule has 0 aromatic heterocycles. The molecule has 0 aromatic carbocycles. The molecule has 4 nitrogen and oxygen atoms in total. The van der Waals surface area contributed by atoms with E-state index >= 15 is 0 Å². The molecule has 0 fully saturated rings. The van der Waals surface area contributed by atoms with Crippen LogP contribution in [0.4, 0.5) is 74.6 Å². The molecule has 0 radical (unpaired) electrons. The van der Waals surface area contributed by atoms with Crippen LogP contribution >= 0.6 is 0 Å². The van der Waals surface area contributed by atoms with Gasteiger partial charge in [-0.2, -0.15) is 74.6 Å². The molecule has 0 aromatic rings. The highest BCUT2D eigenvalue weighted by Crippen LogP contribution is 2.64. The van der Waals surface area contributed by atoms with Gasteiger partial charge in [0.1, 0.15) is 0 Å². The summed E-state index contributed by atoms with van der Waals surface area (Å²) in [7, 11) is -8.14. The second-order valence-corrected chi connectivity index (χ2v) is 11.1. The Kier molecular flexibility index (Phi) is 14.9. The normalized spacial score (nSPS) is 15.2. The largest absolute Gasteiger partial charge is 0.743 e. The Morgan fingerprint density at radius 3 is 1.07 bits per heavy atom. The molecular weight excluding hydrogens is 681 g/mol. The highest BCUT2D eigenvalue weighted by Gasteiger charge is 2.95. The zero-order chi connectivity index (χ0) is 36.1. The van der Waals surface area contributed by atoms with Crippen molar-refractivity contribution >= 4 is 10.1 Å². The summed E-state index contributed by atoms with van der Waals surface area (Å²) in [5, 5.41) is -7.95. The van der Waals surface area contributed by atoms with Gasteiger partial charge in [0, 0.05) is 0 Å². The van der Waals surface area contributed by atoms with Gasteiger partial charge in [-0.15, -0.1) is 0 Å². The first-order valence-electron chi connectivity index (χ1n) is 12.8. The molecule has 0 aliphatic rings. The smallest absolute Gasteiger partial charge is 0.460 e. The quantitative estimate of drug-likeness (QED) is 0.0656. The maximum atomic E-state index is 13.0. The first kappa shape index (κ1) is 44.8. The molecule has 0 N–H and O–H groups in total. The lowest BCUT2D eigenvalue weighted by Crippen LogP contribution is -2.75. The second kappa shape index (κ2) is 14.6. The lowest BCUT2D eigenvalue weighted by Gasteiger charge is -2.42. The van der Waals surface area contributed by atoms with E-state index < -0.39 is 57.1 Å². The minimum atomic E-state index is -8.92. The van der Waals surface area contributed by atoms with Crippen LogP contribution in [0.3, 0.4) is 0 Å². The summed E-state index contributed by atoms with van der Waals surface area (Å²) in [6, 6.07) is 0. The number of unbranched alkanes of at least 4 members (excludes halogenated alkanes) is 5. The van der Waals surface area contributed by atoms with E-state index in [1.165, 1.54) is 69.2 Å². The molecule has 268 valence electrons. The van der Waals surface area contributed by atoms with Gasteiger partial charge < -0.3 is 9.04 Å². The van der Waals surface area contributed by atoms with Crippen LogP contribution in [0.25, 0.3) is 0 Å². The summed E-state index contributed by atoms with van der Waals surface area (Å²) in [6.07, 6.45) is 0.662. The van der Waals surface area contributed by atoms with Crippen molar-refractivity contribution in [3.63, 3.8) is 0 Å². The highest BCUT2D eigenvalue weighted by molar-refractivity contribution is 7.86. The lowest BCUT2D eigenvalue weighted by molar-refractivity contribution is -0.923. The second-order valence-electron chi connectivity index (χ2n) is 9.70. The fourth-order valence-electron chi connectivity index (χ4n) is 3.68. The third kappa shape index (κ3) is 8.14. The van der Waals surface area contributed by atoms with Crippen molar-refractivity contribution in [1.29, 1.82) is 0 Å². The van der Waals surface area contributed by atoms with E-state index in [2.05, 4.69) is 27.7 Å². The predicted octanol–water partition coefficient (Wildman–Crippen LogP) is 8.72. The topological polar surface area (TPSA) is 57.2 Å². The number of hydrogen-bond acceptors (Lipinski definition) is 3. The van der Waals surface area contributed by atoms with Crippen molar-refractivity contribution in [2.45, 2.75) is 113 Å². The highest BCUT2D eigenvalue weighted by atomic mass is 32.2. The van der Waals surface area contributed by atoms with E-state index in [0.29, 0.717) is 0 Å². The van der Waals surface area contributed by atoms with Crippen LogP contribution < -0.4 is 0 Å². The average Bonchev–Trinajstić information content (AvgIpc) is 2.87. The summed E-state index contributed by atoms with van der Waals surface area (Å²) < 4.78 is 245. The molecule has 0 saturated heterocycles. The zero-order valence-electron chi connectivity index (χ0n) is 23.6. The minimum Gasteiger partial charge on any atom is -0.743 e. The van der Waals surface area contributed by atoms with E-state index in [1.54, 1.807) is 0 Å². The zero-order valence-corrected chi connectivity index (χ0v) is 24.4. The molecule has 0 amide bonds. The van der Waals surface area contributed by atoms with Gasteiger partial charge in [-0.3, -0.25) is 0 Å². The number of alkyl halides is 17. The van der Waals surface area contributed by atoms with Crippen LogP contribution in [0.5, 0.6) is 0 Å². The molecule has 0 saturated carbocycles. The maximum absolute atomic E-state index is 13.0. The molecule has 0 unspecified atom stereocenters. The van der Waals surface area contributed by atoms with Gasteiger partial charge in [-0.1, -0.05) is 32.6 Å². The van der Waals surface area contributed by atoms with E-state index in [0.717, 1.165) is 0 Å². The van der Waals surface area contributed by atoms with Gasteiger partial charge in [0.25, 0.3) is 0 Å². The number of quaternary nitrogens is 1. The van der Waals surface area contributed by atoms with Crippen LogP contribution in [0.15, 0.2) is 0 Å². The Bertz CT molecular complexity index is 986. The van der Waals surface area contributed by atoms with Crippen molar-refractivity contribution in [2.24, 2.45) is 0 Å². The van der Waals surface area contributed by atoms with Crippen molar-refractivity contribution in [1.82, 2.24) is 0 Å². The third-order valence-electron chi connectivity index (χ3n) is 7.01. The van der Waals surface area contributed by atoms with Crippen molar-refractivity contribution in [2.75, 3.05) is 26.2 Å². The average molecular weight is 714 g/mol. The Hall–Kier alpha value is -1.32. The van der Waals surface area contributed by atoms with Crippen molar-refractivity contribution in [3.05, 3.63) is 0 Å². The fraction of sp³-hybridized carbons (Fsp3) is 1.00. The molecule has 0 aliphatic carbocycles. The molecule has 0 spiro atoms. The molecule has 0 atom stereocenters. The van der Waals surface area contributed by atoms with Crippen LogP contribution in [0, 0.1) is 0 Å². The third-order valence-corrected chi connectivity index (χ3v) is 7.89. The first-order chi connectivity index (χ1) is 19.2. The van der Waals surface area contributed by atoms with Gasteiger partial charge >= 0.3 is 47.0 Å². The number of nitrogens with zero attached hydrogens (tertiary/aromatic N) is 1. The van der Waals surface area contributed by atoms with E-state index in [1.807, 2.05) is 0 Å². The first-order valence-corrected chi connectivity index (χ1v) is 14.2. The van der Waals surface area contributed by atoms with Gasteiger partial charge in [0.2, 0.25) is 0 Å². The van der Waals surface area contributed by atoms with Crippen LogP contribution in [-0.4, -0.2) is 90.6 Å². The van der Waals surface area contributed by atoms with Crippen molar-refractivity contribution in [3.8, 4) is 0 Å². The van der Waals surface area contributed by atoms with Gasteiger partial charge in [-0.25, -0.2) is 8.42 Å². The molecule has 22 heteroatoms. The Labute approximate surface area is 242 Å². The summed E-state index contributed by atoms with van der Waals surface area (Å²) in [4.78, 5) is 0. The van der Waals surface area contributed by atoms with Crippen molar-refractivity contribution < 1.29 is 92.1 Å². The molecule has 0 bridgehead atoms. The molecule has 0 heterocycles. The molecule has 44 heavy (non-hydrogen) atoms. The van der Waals surface area contributed by atoms with Crippen LogP contribution in [0.2, 0.25) is 0 Å². The number of halogens is 17. The summed E-state index contributed by atoms with van der Waals surface area (Å²) in [6.45, 7) is 14.6. The Morgan fingerprint density at radius 1 is 0.477 bits per heavy atom. The molecule has 0 rings (SSSR count). The SMILES string of the molecule is CCCCCCCC[N+](CC)(CC)CC.O=S(=O)([O-])C(F)(F)C(F)(F)C(F)(F)C(F)(F)C(F)(F)C(F)(F)C(F)(F)C(F)(F)F. The minimum absolute atomic E-state index is 1.31. The monoisotopic (exact) mass is 713 g/mol. The predicted molar refractivity (Wildman–Crippen MR) is 121 cm³/mol. The van der Waals surface area contributed by atoms with E-state index in [4.69, 9.17) is 0 Å². The standard InChI is InChI=1S/C14H32N.C8HF17O3S/c1-5-9-10-11-12-13-14-15(6-2,7-3)8-4;9-1(10,3(13,14)5(17,18)7(21,22)23)2(11,12)4(15,16)6(19,20)8(24,25)29(26,27)28/h5-14H2,1-4H3;(H,26,27,28)/q+1;/p-1. The van der Waals surface area contributed by atoms with Gasteiger partial charge in [0.05, 0.1) is 26.2 Å². The van der Waals surface area contributed by atoms with E-state index in [9.17, 15) is 87.6 Å². The number of rotatable bonds is 17. The summed E-state index contributed by atoms with van der Waals surface area (Å²) >= 11 is 0. The lowest BCUT2D eigenvalue weighted by atomic mass is 9.91. The number of hydrogen-bond donors (Lipinski definition) is 0. The van der Waals surface area contributed by atoms with Gasteiger partial charge in [-0.05, 0) is 33.6 Å². The maximum Gasteiger partial charge on any atom is 0.460 e. The Morgan fingerprint density at radius 2 is 0.773 bits per heavy atom. The van der Waals surface area contributed by atoms with E-state index in [-0.39, 0.29) is 0 Å². The van der Waals surface area contributed by atoms with Crippen LogP contribution in [-0.2, 0) is 10.1 Å². The molecular formula is C22H32F17NO3S. The summed E-state index contributed by atoms with van der Waals surface area (Å²) in [5.74, 6) is -52.1. The van der Waals surface area contributed by atoms with Crippen LogP contribution in [0.1, 0.15) is 66.2 Å².